The van der Waals surface area contributed by atoms with Crippen LogP contribution in [-0.2, 0) is 21.1 Å². The highest BCUT2D eigenvalue weighted by Gasteiger charge is 2.33. The first-order valence-electron chi connectivity index (χ1n) is 7.34. The highest BCUT2D eigenvalue weighted by atomic mass is 32.2. The van der Waals surface area contributed by atoms with Crippen molar-refractivity contribution in [1.29, 1.82) is 0 Å². The molecular weight excluding hydrogens is 288 g/mol. The molecule has 1 aromatic carbocycles. The van der Waals surface area contributed by atoms with E-state index >= 15 is 0 Å². The normalized spacial score (nSPS) is 27.0. The Kier molecular flexibility index (Phi) is 3.99. The van der Waals surface area contributed by atoms with E-state index in [1.54, 1.807) is 0 Å². The number of hydrogen-bond donors (Lipinski definition) is 2. The average Bonchev–Trinajstić information content (AvgIpc) is 2.85. The van der Waals surface area contributed by atoms with Crippen molar-refractivity contribution in [3.8, 4) is 0 Å². The van der Waals surface area contributed by atoms with Gasteiger partial charge in [-0.2, -0.15) is 0 Å². The fourth-order valence-corrected chi connectivity index (χ4v) is 4.87. The highest BCUT2D eigenvalue weighted by molar-refractivity contribution is 7.91. The summed E-state index contributed by atoms with van der Waals surface area (Å²) in [7, 11) is -3.01. The molecule has 0 spiro atoms. The molecule has 0 bridgehead atoms. The maximum atomic E-state index is 12.1. The summed E-state index contributed by atoms with van der Waals surface area (Å²) >= 11 is 0. The SMILES string of the molecule is O=C(NC[C@@H]1NCCc2ccccc21)[C@@H]1CCS(=O)(=O)C1. The van der Waals surface area contributed by atoms with Crippen LogP contribution in [0.4, 0.5) is 0 Å². The Morgan fingerprint density at radius 3 is 2.90 bits per heavy atom. The van der Waals surface area contributed by atoms with Crippen LogP contribution in [0.2, 0.25) is 0 Å². The van der Waals surface area contributed by atoms with E-state index in [9.17, 15) is 13.2 Å². The molecule has 2 atom stereocenters. The molecule has 2 aliphatic rings. The summed E-state index contributed by atoms with van der Waals surface area (Å²) in [6, 6.07) is 8.34. The largest absolute Gasteiger partial charge is 0.354 e. The van der Waals surface area contributed by atoms with Crippen LogP contribution in [0.1, 0.15) is 23.6 Å². The van der Waals surface area contributed by atoms with Gasteiger partial charge in [0.15, 0.2) is 9.84 Å². The molecule has 2 N–H and O–H groups in total. The van der Waals surface area contributed by atoms with Crippen molar-refractivity contribution < 1.29 is 13.2 Å². The molecule has 1 fully saturated rings. The van der Waals surface area contributed by atoms with Crippen LogP contribution in [-0.4, -0.2) is 38.9 Å². The Labute approximate surface area is 125 Å². The molecule has 3 rings (SSSR count). The minimum atomic E-state index is -3.01. The first kappa shape index (κ1) is 14.5. The number of carbonyl (C=O) groups excluding carboxylic acids is 1. The third-order valence-corrected chi connectivity index (χ3v) is 6.07. The van der Waals surface area contributed by atoms with Gasteiger partial charge in [-0.3, -0.25) is 4.79 Å². The topological polar surface area (TPSA) is 75.3 Å². The van der Waals surface area contributed by atoms with E-state index in [4.69, 9.17) is 0 Å². The summed E-state index contributed by atoms with van der Waals surface area (Å²) in [5.41, 5.74) is 2.54. The molecule has 5 nitrogen and oxygen atoms in total. The van der Waals surface area contributed by atoms with E-state index < -0.39 is 9.84 Å². The van der Waals surface area contributed by atoms with Crippen molar-refractivity contribution in [2.75, 3.05) is 24.6 Å². The Morgan fingerprint density at radius 2 is 2.14 bits per heavy atom. The van der Waals surface area contributed by atoms with E-state index in [0.717, 1.165) is 13.0 Å². The molecule has 1 aromatic rings. The first-order valence-corrected chi connectivity index (χ1v) is 9.16. The molecule has 114 valence electrons. The minimum absolute atomic E-state index is 0.00643. The molecule has 21 heavy (non-hydrogen) atoms. The number of sulfone groups is 1. The quantitative estimate of drug-likeness (QED) is 0.849. The van der Waals surface area contributed by atoms with Gasteiger partial charge in [0.2, 0.25) is 5.91 Å². The van der Waals surface area contributed by atoms with E-state index in [1.807, 2.05) is 12.1 Å². The summed E-state index contributed by atoms with van der Waals surface area (Å²) in [6.45, 7) is 1.40. The molecule has 2 heterocycles. The number of amides is 1. The van der Waals surface area contributed by atoms with E-state index in [2.05, 4.69) is 22.8 Å². The predicted molar refractivity (Wildman–Crippen MR) is 80.7 cm³/mol. The van der Waals surface area contributed by atoms with Gasteiger partial charge in [-0.1, -0.05) is 24.3 Å². The van der Waals surface area contributed by atoms with Crippen molar-refractivity contribution in [2.24, 2.45) is 5.92 Å². The Bertz CT molecular complexity index is 642. The van der Waals surface area contributed by atoms with Crippen molar-refractivity contribution >= 4 is 15.7 Å². The second kappa shape index (κ2) is 5.77. The molecule has 0 aromatic heterocycles. The van der Waals surface area contributed by atoms with Gasteiger partial charge in [0, 0.05) is 12.6 Å². The summed E-state index contributed by atoms with van der Waals surface area (Å²) in [6.07, 6.45) is 1.45. The zero-order chi connectivity index (χ0) is 14.9. The second-order valence-corrected chi connectivity index (χ2v) is 8.03. The van der Waals surface area contributed by atoms with Gasteiger partial charge in [0.05, 0.1) is 17.4 Å². The maximum Gasteiger partial charge on any atom is 0.224 e. The number of hydrogen-bond acceptors (Lipinski definition) is 4. The van der Waals surface area contributed by atoms with E-state index in [-0.39, 0.29) is 29.4 Å². The second-order valence-electron chi connectivity index (χ2n) is 5.80. The predicted octanol–water partition coefficient (Wildman–Crippen LogP) is 0.424. The van der Waals surface area contributed by atoms with Gasteiger partial charge in [-0.25, -0.2) is 8.42 Å². The van der Waals surface area contributed by atoms with Crippen LogP contribution in [0, 0.1) is 5.92 Å². The summed E-state index contributed by atoms with van der Waals surface area (Å²) in [5, 5.41) is 6.31. The summed E-state index contributed by atoms with van der Waals surface area (Å²) in [4.78, 5) is 12.1. The number of rotatable bonds is 3. The lowest BCUT2D eigenvalue weighted by molar-refractivity contribution is -0.124. The van der Waals surface area contributed by atoms with Gasteiger partial charge >= 0.3 is 0 Å². The minimum Gasteiger partial charge on any atom is -0.354 e. The summed E-state index contributed by atoms with van der Waals surface area (Å²) in [5.74, 6) is -0.391. The number of nitrogens with one attached hydrogen (secondary N) is 2. The number of fused-ring (bicyclic) bond motifs is 1. The lowest BCUT2D eigenvalue weighted by atomic mass is 9.94. The number of carbonyl (C=O) groups is 1. The van der Waals surface area contributed by atoms with Crippen molar-refractivity contribution in [1.82, 2.24) is 10.6 Å². The van der Waals surface area contributed by atoms with E-state index in [1.165, 1.54) is 11.1 Å². The van der Waals surface area contributed by atoms with Gasteiger partial charge < -0.3 is 10.6 Å². The molecule has 0 radical (unpaired) electrons. The molecule has 0 aliphatic carbocycles. The highest BCUT2D eigenvalue weighted by Crippen LogP contribution is 2.23. The standard InChI is InChI=1S/C15H20N2O3S/c18-15(12-6-8-21(19,20)10-12)17-9-14-13-4-2-1-3-11(13)5-7-16-14/h1-4,12,14,16H,5-10H2,(H,17,18)/t12-,14+/m1/s1. The molecular formula is C15H20N2O3S. The van der Waals surface area contributed by atoms with Crippen molar-refractivity contribution in [3.63, 3.8) is 0 Å². The number of benzene rings is 1. The van der Waals surface area contributed by atoms with Crippen LogP contribution in [0.5, 0.6) is 0 Å². The third kappa shape index (κ3) is 3.27. The lowest BCUT2D eigenvalue weighted by Crippen LogP contribution is -2.41. The smallest absolute Gasteiger partial charge is 0.224 e. The molecule has 0 saturated carbocycles. The lowest BCUT2D eigenvalue weighted by Gasteiger charge is -2.27. The van der Waals surface area contributed by atoms with Crippen LogP contribution in [0.15, 0.2) is 24.3 Å². The molecule has 6 heteroatoms. The fraction of sp³-hybridized carbons (Fsp3) is 0.533. The van der Waals surface area contributed by atoms with Crippen LogP contribution in [0.25, 0.3) is 0 Å². The maximum absolute atomic E-state index is 12.1. The third-order valence-electron chi connectivity index (χ3n) is 4.30. The first-order chi connectivity index (χ1) is 10.1. The van der Waals surface area contributed by atoms with Crippen LogP contribution in [0.3, 0.4) is 0 Å². The van der Waals surface area contributed by atoms with Crippen molar-refractivity contribution in [3.05, 3.63) is 35.4 Å². The Morgan fingerprint density at radius 1 is 1.33 bits per heavy atom. The monoisotopic (exact) mass is 308 g/mol. The van der Waals surface area contributed by atoms with E-state index in [0.29, 0.717) is 13.0 Å². The molecule has 2 aliphatic heterocycles. The van der Waals surface area contributed by atoms with Gasteiger partial charge in [0.25, 0.3) is 0 Å². The average molecular weight is 308 g/mol. The van der Waals surface area contributed by atoms with Gasteiger partial charge in [-0.05, 0) is 30.5 Å². The van der Waals surface area contributed by atoms with Gasteiger partial charge in [-0.15, -0.1) is 0 Å². The van der Waals surface area contributed by atoms with Crippen LogP contribution < -0.4 is 10.6 Å². The fourth-order valence-electron chi connectivity index (χ4n) is 3.12. The Balaban J connectivity index is 1.60. The Hall–Kier alpha value is -1.40. The van der Waals surface area contributed by atoms with Crippen molar-refractivity contribution in [2.45, 2.75) is 18.9 Å². The molecule has 0 unspecified atom stereocenters. The van der Waals surface area contributed by atoms with Crippen LogP contribution >= 0.6 is 0 Å². The zero-order valence-electron chi connectivity index (χ0n) is 11.8. The summed E-state index contributed by atoms with van der Waals surface area (Å²) < 4.78 is 22.8. The molecule has 1 amide bonds. The molecule has 1 saturated heterocycles. The zero-order valence-corrected chi connectivity index (χ0v) is 12.7. The van der Waals surface area contributed by atoms with Gasteiger partial charge in [0.1, 0.15) is 0 Å².